The number of hydrogen-bond donors (Lipinski definition) is 2. The summed E-state index contributed by atoms with van der Waals surface area (Å²) >= 11 is 0. The lowest BCUT2D eigenvalue weighted by atomic mass is 10.2. The number of rotatable bonds is 6. The first-order chi connectivity index (χ1) is 13.7. The highest BCUT2D eigenvalue weighted by atomic mass is 32.2. The van der Waals surface area contributed by atoms with Crippen molar-refractivity contribution in [1.82, 2.24) is 0 Å². The van der Waals surface area contributed by atoms with E-state index >= 15 is 0 Å². The van der Waals surface area contributed by atoms with Gasteiger partial charge < -0.3 is 0 Å². The largest absolute Gasteiger partial charge is 0.277 e. The van der Waals surface area contributed by atoms with Crippen molar-refractivity contribution >= 4 is 31.4 Å². The molecule has 0 aromatic heterocycles. The third-order valence-corrected chi connectivity index (χ3v) is 6.64. The van der Waals surface area contributed by atoms with Gasteiger partial charge in [0.15, 0.2) is 0 Å². The number of nitrogens with zero attached hydrogens (tertiary/aromatic N) is 1. The molecule has 0 aliphatic heterocycles. The zero-order valence-electron chi connectivity index (χ0n) is 14.7. The lowest BCUT2D eigenvalue weighted by molar-refractivity contribution is 0.598. The van der Waals surface area contributed by atoms with Gasteiger partial charge in [0.05, 0.1) is 21.8 Å². The molecule has 10 heteroatoms. The maximum atomic E-state index is 13.1. The quantitative estimate of drug-likeness (QED) is 0.621. The molecule has 0 aliphatic rings. The minimum atomic E-state index is -4.16. The fraction of sp³-hybridized carbons (Fsp3) is 0. The molecule has 7 nitrogen and oxygen atoms in total. The maximum Gasteiger partial charge on any atom is 0.263 e. The van der Waals surface area contributed by atoms with Crippen LogP contribution in [0, 0.1) is 17.1 Å². The van der Waals surface area contributed by atoms with Gasteiger partial charge >= 0.3 is 0 Å². The van der Waals surface area contributed by atoms with E-state index in [0.717, 1.165) is 24.3 Å². The second kappa shape index (κ2) is 7.90. The molecule has 0 amide bonds. The molecular weight excluding hydrogens is 417 g/mol. The molecule has 0 fully saturated rings. The van der Waals surface area contributed by atoms with Crippen LogP contribution in [0.2, 0.25) is 0 Å². The Bertz CT molecular complexity index is 1300. The molecule has 0 aliphatic carbocycles. The predicted octanol–water partition coefficient (Wildman–Crippen LogP) is 3.30. The van der Waals surface area contributed by atoms with E-state index in [2.05, 4.69) is 9.44 Å². The van der Waals surface area contributed by atoms with Gasteiger partial charge in [0.2, 0.25) is 0 Å². The van der Waals surface area contributed by atoms with E-state index in [0.29, 0.717) is 0 Å². The molecule has 0 radical (unpaired) electrons. The predicted molar refractivity (Wildman–Crippen MR) is 106 cm³/mol. The van der Waals surface area contributed by atoms with Crippen LogP contribution in [0.3, 0.4) is 0 Å². The third kappa shape index (κ3) is 4.53. The second-order valence-corrected chi connectivity index (χ2v) is 9.15. The summed E-state index contributed by atoms with van der Waals surface area (Å²) in [4.78, 5) is -0.426. The van der Waals surface area contributed by atoms with Crippen molar-refractivity contribution in [2.24, 2.45) is 0 Å². The number of hydrogen-bond acceptors (Lipinski definition) is 5. The number of anilines is 2. The molecule has 0 bridgehead atoms. The lowest BCUT2D eigenvalue weighted by Gasteiger charge is -2.15. The van der Waals surface area contributed by atoms with Crippen LogP contribution >= 0.6 is 0 Å². The Balaban J connectivity index is 1.96. The smallest absolute Gasteiger partial charge is 0.263 e. The van der Waals surface area contributed by atoms with Gasteiger partial charge in [0, 0.05) is 0 Å². The summed E-state index contributed by atoms with van der Waals surface area (Å²) in [7, 11) is -8.25. The van der Waals surface area contributed by atoms with Crippen LogP contribution in [-0.2, 0) is 20.0 Å². The Hall–Kier alpha value is -3.42. The highest BCUT2D eigenvalue weighted by molar-refractivity contribution is 7.93. The van der Waals surface area contributed by atoms with Gasteiger partial charge in [0.25, 0.3) is 20.0 Å². The number of halogens is 1. The van der Waals surface area contributed by atoms with Gasteiger partial charge in [-0.15, -0.1) is 0 Å². The third-order valence-electron chi connectivity index (χ3n) is 3.84. The Labute approximate surface area is 167 Å². The van der Waals surface area contributed by atoms with Crippen LogP contribution in [0.25, 0.3) is 0 Å². The van der Waals surface area contributed by atoms with Gasteiger partial charge in [-0.25, -0.2) is 21.2 Å². The number of nitriles is 1. The molecule has 0 atom stereocenters. The molecule has 29 heavy (non-hydrogen) atoms. The summed E-state index contributed by atoms with van der Waals surface area (Å²) in [6.07, 6.45) is 0. The summed E-state index contributed by atoms with van der Waals surface area (Å²) < 4.78 is 68.2. The Kier molecular flexibility index (Phi) is 5.54. The van der Waals surface area contributed by atoms with Crippen molar-refractivity contribution in [3.8, 4) is 6.07 Å². The van der Waals surface area contributed by atoms with Gasteiger partial charge in [-0.05, 0) is 48.5 Å². The van der Waals surface area contributed by atoms with Crippen molar-refractivity contribution < 1.29 is 21.2 Å². The van der Waals surface area contributed by atoms with Crippen LogP contribution in [0.5, 0.6) is 0 Å². The summed E-state index contributed by atoms with van der Waals surface area (Å²) in [6, 6.07) is 17.4. The Morgan fingerprint density at radius 3 is 1.83 bits per heavy atom. The van der Waals surface area contributed by atoms with Crippen molar-refractivity contribution in [1.29, 1.82) is 5.26 Å². The van der Waals surface area contributed by atoms with Gasteiger partial charge in [-0.3, -0.25) is 9.44 Å². The summed E-state index contributed by atoms with van der Waals surface area (Å²) in [5.41, 5.74) is -0.120. The van der Waals surface area contributed by atoms with E-state index < -0.39 is 25.9 Å². The topological polar surface area (TPSA) is 116 Å². The van der Waals surface area contributed by atoms with E-state index in [1.807, 2.05) is 0 Å². The van der Waals surface area contributed by atoms with Crippen molar-refractivity contribution in [2.75, 3.05) is 9.44 Å². The van der Waals surface area contributed by atoms with Gasteiger partial charge in [-0.1, -0.05) is 24.3 Å². The van der Waals surface area contributed by atoms with E-state index in [1.54, 1.807) is 6.07 Å². The minimum absolute atomic E-state index is 0.0326. The monoisotopic (exact) mass is 431 g/mol. The van der Waals surface area contributed by atoms with Crippen LogP contribution in [0.4, 0.5) is 15.8 Å². The first-order valence-electron chi connectivity index (χ1n) is 8.12. The normalized spacial score (nSPS) is 11.4. The highest BCUT2D eigenvalue weighted by Crippen LogP contribution is 2.27. The van der Waals surface area contributed by atoms with E-state index in [-0.39, 0.29) is 26.7 Å². The molecule has 3 aromatic rings. The van der Waals surface area contributed by atoms with Crippen LogP contribution < -0.4 is 9.44 Å². The molecule has 3 aromatic carbocycles. The van der Waals surface area contributed by atoms with E-state index in [1.165, 1.54) is 48.5 Å². The average molecular weight is 431 g/mol. The molecule has 148 valence electrons. The molecule has 0 unspecified atom stereocenters. The minimum Gasteiger partial charge on any atom is -0.277 e. The van der Waals surface area contributed by atoms with Crippen molar-refractivity contribution in [2.45, 2.75) is 9.79 Å². The van der Waals surface area contributed by atoms with Crippen LogP contribution in [0.15, 0.2) is 82.6 Å². The highest BCUT2D eigenvalue weighted by Gasteiger charge is 2.21. The SMILES string of the molecule is N#Cc1ccccc1S(=O)(=O)Nc1ccccc1NS(=O)(=O)c1ccc(F)cc1. The number of sulfonamides is 2. The first kappa shape index (κ1) is 20.3. The first-order valence-corrected chi connectivity index (χ1v) is 11.1. The summed E-state index contributed by atoms with van der Waals surface area (Å²) in [6.45, 7) is 0. The van der Waals surface area contributed by atoms with E-state index in [4.69, 9.17) is 5.26 Å². The average Bonchev–Trinajstić information content (AvgIpc) is 2.69. The fourth-order valence-electron chi connectivity index (χ4n) is 2.47. The molecule has 0 saturated carbocycles. The van der Waals surface area contributed by atoms with Crippen LogP contribution in [0.1, 0.15) is 5.56 Å². The second-order valence-electron chi connectivity index (χ2n) is 5.82. The van der Waals surface area contributed by atoms with Crippen molar-refractivity contribution in [3.05, 3.63) is 84.2 Å². The molecule has 3 rings (SSSR count). The summed E-state index contributed by atoms with van der Waals surface area (Å²) in [5, 5.41) is 9.14. The number of para-hydroxylation sites is 2. The molecule has 0 heterocycles. The van der Waals surface area contributed by atoms with Crippen molar-refractivity contribution in [3.63, 3.8) is 0 Å². The standard InChI is InChI=1S/C19H14FN3O4S2/c20-15-9-11-16(12-10-15)28(24,25)22-17-6-2-3-7-18(17)23-29(26,27)19-8-4-1-5-14(19)13-21/h1-12,22-23H. The molecule has 0 saturated heterocycles. The Morgan fingerprint density at radius 2 is 1.24 bits per heavy atom. The zero-order chi connectivity index (χ0) is 21.1. The molecule has 2 N–H and O–H groups in total. The van der Waals surface area contributed by atoms with Gasteiger partial charge in [-0.2, -0.15) is 5.26 Å². The lowest BCUT2D eigenvalue weighted by Crippen LogP contribution is -2.18. The maximum absolute atomic E-state index is 13.1. The van der Waals surface area contributed by atoms with Gasteiger partial charge in [0.1, 0.15) is 16.8 Å². The molecule has 0 spiro atoms. The van der Waals surface area contributed by atoms with Crippen LogP contribution in [-0.4, -0.2) is 16.8 Å². The van der Waals surface area contributed by atoms with E-state index in [9.17, 15) is 21.2 Å². The Morgan fingerprint density at radius 1 is 0.724 bits per heavy atom. The number of nitrogens with one attached hydrogen (secondary N) is 2. The summed E-state index contributed by atoms with van der Waals surface area (Å²) in [5.74, 6) is -0.590. The number of benzene rings is 3. The molecular formula is C19H14FN3O4S2. The fourth-order valence-corrected chi connectivity index (χ4v) is 4.79. The zero-order valence-corrected chi connectivity index (χ0v) is 16.3.